The maximum atomic E-state index is 13.4. The second kappa shape index (κ2) is 11.2. The number of nitrogens with one attached hydrogen (secondary N) is 2. The summed E-state index contributed by atoms with van der Waals surface area (Å²) in [6.07, 6.45) is -0.938. The molecular formula is C30H25N3O7S. The van der Waals surface area contributed by atoms with Gasteiger partial charge in [0, 0.05) is 23.6 Å². The van der Waals surface area contributed by atoms with Crippen molar-refractivity contribution >= 4 is 55.4 Å². The van der Waals surface area contributed by atoms with Gasteiger partial charge in [-0.25, -0.2) is 22.9 Å². The highest BCUT2D eigenvalue weighted by Crippen LogP contribution is 2.33. The average molecular weight is 572 g/mol. The molecule has 0 saturated carbocycles. The van der Waals surface area contributed by atoms with E-state index in [4.69, 9.17) is 9.15 Å². The van der Waals surface area contributed by atoms with Gasteiger partial charge >= 0.3 is 5.97 Å². The van der Waals surface area contributed by atoms with Crippen LogP contribution in [0.15, 0.2) is 94.2 Å². The minimum Gasteiger partial charge on any atom is -0.449 e. The summed E-state index contributed by atoms with van der Waals surface area (Å²) < 4.78 is 37.8. The Balaban J connectivity index is 1.38. The first-order valence-electron chi connectivity index (χ1n) is 12.7. The number of anilines is 1. The number of hydrogen-bond donors (Lipinski definition) is 2. The third-order valence-electron chi connectivity index (χ3n) is 6.27. The first-order chi connectivity index (χ1) is 19.7. The van der Waals surface area contributed by atoms with Crippen LogP contribution in [0, 0.1) is 0 Å². The molecule has 1 aromatic heterocycles. The predicted octanol–water partition coefficient (Wildman–Crippen LogP) is 5.05. The molecule has 4 aromatic carbocycles. The number of rotatable bonds is 8. The van der Waals surface area contributed by atoms with Gasteiger partial charge in [0.2, 0.25) is 11.8 Å². The van der Waals surface area contributed by atoms with Crippen LogP contribution in [-0.4, -0.2) is 37.3 Å². The van der Waals surface area contributed by atoms with Crippen LogP contribution in [0.1, 0.15) is 30.6 Å². The molecule has 2 N–H and O–H groups in total. The molecule has 0 fully saturated rings. The molecule has 1 heterocycles. The Morgan fingerprint density at radius 3 is 2.32 bits per heavy atom. The lowest BCUT2D eigenvalue weighted by molar-refractivity contribution is -0.124. The van der Waals surface area contributed by atoms with Crippen LogP contribution in [-0.2, 0) is 24.3 Å². The fourth-order valence-corrected chi connectivity index (χ4v) is 5.37. The number of para-hydroxylation sites is 2. The molecule has 2 amide bonds. The molecule has 41 heavy (non-hydrogen) atoms. The van der Waals surface area contributed by atoms with Crippen molar-refractivity contribution in [2.24, 2.45) is 0 Å². The maximum absolute atomic E-state index is 13.4. The number of benzene rings is 4. The summed E-state index contributed by atoms with van der Waals surface area (Å²) >= 11 is 0. The van der Waals surface area contributed by atoms with Crippen LogP contribution in [0.4, 0.5) is 5.69 Å². The minimum atomic E-state index is -4.01. The highest BCUT2D eigenvalue weighted by molar-refractivity contribution is 7.90. The molecule has 5 aromatic rings. The van der Waals surface area contributed by atoms with Gasteiger partial charge in [0.15, 0.2) is 11.7 Å². The van der Waals surface area contributed by atoms with Crippen LogP contribution in [0.2, 0.25) is 0 Å². The zero-order valence-corrected chi connectivity index (χ0v) is 22.9. The number of fused-ring (bicyclic) bond motifs is 2. The Morgan fingerprint density at radius 1 is 0.927 bits per heavy atom. The molecule has 0 radical (unpaired) electrons. The van der Waals surface area contributed by atoms with Gasteiger partial charge in [0.05, 0.1) is 10.5 Å². The lowest BCUT2D eigenvalue weighted by Gasteiger charge is -2.17. The molecule has 0 bridgehead atoms. The number of oxazole rings is 1. The van der Waals surface area contributed by atoms with Gasteiger partial charge in [-0.1, -0.05) is 43.3 Å². The van der Waals surface area contributed by atoms with Gasteiger partial charge in [-0.15, -0.1) is 0 Å². The Kier molecular flexibility index (Phi) is 7.54. The summed E-state index contributed by atoms with van der Waals surface area (Å²) in [4.78, 5) is 42.0. The van der Waals surface area contributed by atoms with Crippen molar-refractivity contribution in [1.82, 2.24) is 9.71 Å². The van der Waals surface area contributed by atoms with Crippen LogP contribution < -0.4 is 10.0 Å². The van der Waals surface area contributed by atoms with E-state index in [1.54, 1.807) is 19.1 Å². The summed E-state index contributed by atoms with van der Waals surface area (Å²) in [7, 11) is -4.01. The number of esters is 1. The van der Waals surface area contributed by atoms with E-state index < -0.39 is 33.9 Å². The zero-order valence-electron chi connectivity index (χ0n) is 22.1. The summed E-state index contributed by atoms with van der Waals surface area (Å²) in [6.45, 7) is 2.79. The number of ether oxygens (including phenoxy) is 1. The summed E-state index contributed by atoms with van der Waals surface area (Å²) in [5, 5.41) is 3.99. The number of carbonyl (C=O) groups is 3. The number of carbonyl (C=O) groups excluding carboxylic acids is 3. The molecule has 5 rings (SSSR count). The van der Waals surface area contributed by atoms with Gasteiger partial charge in [-0.2, -0.15) is 0 Å². The third-order valence-corrected chi connectivity index (χ3v) is 7.72. The van der Waals surface area contributed by atoms with Crippen LogP contribution in [0.25, 0.3) is 33.3 Å². The number of amides is 2. The van der Waals surface area contributed by atoms with E-state index in [1.165, 1.54) is 24.3 Å². The van der Waals surface area contributed by atoms with E-state index in [1.807, 2.05) is 53.3 Å². The highest BCUT2D eigenvalue weighted by Gasteiger charge is 2.25. The molecule has 10 nitrogen and oxygen atoms in total. The summed E-state index contributed by atoms with van der Waals surface area (Å²) in [5.41, 5.74) is 2.44. The Morgan fingerprint density at radius 2 is 1.63 bits per heavy atom. The molecule has 0 aliphatic rings. The van der Waals surface area contributed by atoms with Gasteiger partial charge in [0.25, 0.3) is 15.9 Å². The van der Waals surface area contributed by atoms with Gasteiger partial charge in [-0.05, 0) is 60.3 Å². The second-order valence-electron chi connectivity index (χ2n) is 9.17. The first kappa shape index (κ1) is 27.5. The molecule has 208 valence electrons. The van der Waals surface area contributed by atoms with Gasteiger partial charge in [-0.3, -0.25) is 9.59 Å². The molecule has 0 aliphatic carbocycles. The largest absolute Gasteiger partial charge is 0.449 e. The summed E-state index contributed by atoms with van der Waals surface area (Å²) in [5.74, 6) is -1.65. The monoisotopic (exact) mass is 571 g/mol. The fraction of sp³-hybridized carbons (Fsp3) is 0.133. The SMILES string of the molecule is CCC(OC(=O)c1cccc2cccc(-c3nc4ccccc4o3)c12)C(=O)Nc1ccc(S(=O)(=O)NC(C)=O)cc1. The molecule has 0 aliphatic heterocycles. The van der Waals surface area contributed by atoms with Crippen molar-refractivity contribution in [1.29, 1.82) is 0 Å². The summed E-state index contributed by atoms with van der Waals surface area (Å²) in [6, 6.07) is 23.3. The first-order valence-corrected chi connectivity index (χ1v) is 14.2. The van der Waals surface area contributed by atoms with E-state index in [0.29, 0.717) is 27.9 Å². The second-order valence-corrected chi connectivity index (χ2v) is 10.9. The van der Waals surface area contributed by atoms with E-state index in [-0.39, 0.29) is 22.6 Å². The lowest BCUT2D eigenvalue weighted by Crippen LogP contribution is -2.32. The zero-order chi connectivity index (χ0) is 29.1. The molecule has 1 unspecified atom stereocenters. The van der Waals surface area contributed by atoms with Gasteiger partial charge < -0.3 is 14.5 Å². The Hall–Kier alpha value is -5.03. The predicted molar refractivity (Wildman–Crippen MR) is 153 cm³/mol. The maximum Gasteiger partial charge on any atom is 0.339 e. The van der Waals surface area contributed by atoms with Crippen molar-refractivity contribution in [3.63, 3.8) is 0 Å². The topological polar surface area (TPSA) is 145 Å². The number of aromatic nitrogens is 1. The Bertz CT molecular complexity index is 1860. The van der Waals surface area contributed by atoms with Crippen molar-refractivity contribution in [3.05, 3.63) is 90.5 Å². The van der Waals surface area contributed by atoms with E-state index in [9.17, 15) is 22.8 Å². The van der Waals surface area contributed by atoms with Crippen LogP contribution in [0.3, 0.4) is 0 Å². The minimum absolute atomic E-state index is 0.144. The molecule has 1 atom stereocenters. The normalized spacial score (nSPS) is 12.1. The van der Waals surface area contributed by atoms with Crippen LogP contribution >= 0.6 is 0 Å². The smallest absolute Gasteiger partial charge is 0.339 e. The molecular weight excluding hydrogens is 546 g/mol. The number of nitrogens with zero attached hydrogens (tertiary/aromatic N) is 1. The molecule has 0 spiro atoms. The van der Waals surface area contributed by atoms with E-state index in [2.05, 4.69) is 10.3 Å². The molecule has 0 saturated heterocycles. The van der Waals surface area contributed by atoms with E-state index in [0.717, 1.165) is 12.3 Å². The van der Waals surface area contributed by atoms with Gasteiger partial charge in [0.1, 0.15) is 5.52 Å². The fourth-order valence-electron chi connectivity index (χ4n) is 4.38. The quantitative estimate of drug-likeness (QED) is 0.246. The van der Waals surface area contributed by atoms with E-state index >= 15 is 0 Å². The third kappa shape index (κ3) is 5.80. The average Bonchev–Trinajstić information content (AvgIpc) is 3.39. The number of hydrogen-bond acceptors (Lipinski definition) is 8. The van der Waals surface area contributed by atoms with Crippen molar-refractivity contribution in [2.75, 3.05) is 5.32 Å². The van der Waals surface area contributed by atoms with Crippen molar-refractivity contribution in [2.45, 2.75) is 31.3 Å². The molecule has 11 heteroatoms. The Labute approximate surface area is 235 Å². The standard InChI is InChI=1S/C30H25N3O7S/c1-3-25(28(35)31-20-14-16-21(17-15-20)41(37,38)33-18(2)34)40-30(36)23-11-7-9-19-8-6-10-22(27(19)23)29-32-24-12-4-5-13-26(24)39-29/h4-17,25H,3H2,1-2H3,(H,31,35)(H,33,34). The van der Waals surface area contributed by atoms with Crippen molar-refractivity contribution in [3.8, 4) is 11.5 Å². The highest BCUT2D eigenvalue weighted by atomic mass is 32.2. The lowest BCUT2D eigenvalue weighted by atomic mass is 9.99. The van der Waals surface area contributed by atoms with Crippen molar-refractivity contribution < 1.29 is 32.0 Å². The number of sulfonamides is 1. The van der Waals surface area contributed by atoms with Crippen LogP contribution in [0.5, 0.6) is 0 Å².